The summed E-state index contributed by atoms with van der Waals surface area (Å²) in [6.45, 7) is 1.88. The number of nitrogens with one attached hydrogen (secondary N) is 2. The molecule has 0 unspecified atom stereocenters. The van der Waals surface area contributed by atoms with E-state index >= 15 is 0 Å². The van der Waals surface area contributed by atoms with Crippen LogP contribution in [0.25, 0.3) is 11.4 Å². The van der Waals surface area contributed by atoms with E-state index in [1.807, 2.05) is 13.0 Å². The van der Waals surface area contributed by atoms with E-state index in [-0.39, 0.29) is 5.56 Å². The zero-order chi connectivity index (χ0) is 23.4. The number of halogens is 3. The van der Waals surface area contributed by atoms with Crippen LogP contribution in [-0.2, 0) is 6.18 Å². The summed E-state index contributed by atoms with van der Waals surface area (Å²) in [5.41, 5.74) is 1.78. The molecule has 0 atom stereocenters. The van der Waals surface area contributed by atoms with Gasteiger partial charge in [0.1, 0.15) is 5.82 Å². The van der Waals surface area contributed by atoms with Gasteiger partial charge in [-0.15, -0.1) is 0 Å². The average molecular weight is 449 g/mol. The van der Waals surface area contributed by atoms with Gasteiger partial charge in [0.2, 0.25) is 0 Å². The highest BCUT2D eigenvalue weighted by molar-refractivity contribution is 6.04. The highest BCUT2D eigenvalue weighted by atomic mass is 19.4. The summed E-state index contributed by atoms with van der Waals surface area (Å²) >= 11 is 0. The number of nitrogens with zero attached hydrogens (tertiary/aromatic N) is 3. The van der Waals surface area contributed by atoms with Gasteiger partial charge >= 0.3 is 6.18 Å². The number of pyridine rings is 1. The molecule has 0 aliphatic heterocycles. The molecule has 0 bridgehead atoms. The quantitative estimate of drug-likeness (QED) is 0.399. The maximum absolute atomic E-state index is 12.9. The number of benzene rings is 2. The molecule has 166 valence electrons. The first kappa shape index (κ1) is 21.9. The van der Waals surface area contributed by atoms with E-state index < -0.39 is 17.6 Å². The third-order valence-electron chi connectivity index (χ3n) is 4.79. The average Bonchev–Trinajstić information content (AvgIpc) is 2.81. The molecule has 0 aliphatic carbocycles. The van der Waals surface area contributed by atoms with Crippen LogP contribution in [0.1, 0.15) is 21.5 Å². The van der Waals surface area contributed by atoms with Crippen molar-refractivity contribution in [3.63, 3.8) is 0 Å². The molecule has 2 N–H and O–H groups in total. The standard InChI is InChI=1S/C24H18F3N5O/c1-15-7-8-19(30-23(33)16-4-2-6-18(12-16)24(25,26)27)13-20(15)31-21-9-11-29-22(32-21)17-5-3-10-28-14-17/h2-14H,1H3,(H,30,33)(H,29,31,32). The van der Waals surface area contributed by atoms with Crippen molar-refractivity contribution in [1.29, 1.82) is 0 Å². The predicted molar refractivity (Wildman–Crippen MR) is 119 cm³/mol. The van der Waals surface area contributed by atoms with Gasteiger partial charge in [-0.2, -0.15) is 13.2 Å². The highest BCUT2D eigenvalue weighted by Gasteiger charge is 2.30. The molecule has 2 heterocycles. The smallest absolute Gasteiger partial charge is 0.340 e. The summed E-state index contributed by atoms with van der Waals surface area (Å²) in [7, 11) is 0. The van der Waals surface area contributed by atoms with E-state index in [0.717, 1.165) is 23.3 Å². The number of carbonyl (C=O) groups excluding carboxylic acids is 1. The van der Waals surface area contributed by atoms with Gasteiger partial charge in [-0.1, -0.05) is 12.1 Å². The van der Waals surface area contributed by atoms with E-state index in [4.69, 9.17) is 0 Å². The molecule has 6 nitrogen and oxygen atoms in total. The van der Waals surface area contributed by atoms with Crippen LogP contribution >= 0.6 is 0 Å². The molecule has 0 spiro atoms. The van der Waals surface area contributed by atoms with Crippen LogP contribution in [0.15, 0.2) is 79.3 Å². The van der Waals surface area contributed by atoms with Gasteiger partial charge in [0.05, 0.1) is 5.56 Å². The fourth-order valence-electron chi connectivity index (χ4n) is 3.07. The lowest BCUT2D eigenvalue weighted by molar-refractivity contribution is -0.137. The Balaban J connectivity index is 1.54. The lowest BCUT2D eigenvalue weighted by Gasteiger charge is -2.13. The van der Waals surface area contributed by atoms with Crippen LogP contribution in [-0.4, -0.2) is 20.9 Å². The van der Waals surface area contributed by atoms with Crippen LogP contribution in [0, 0.1) is 6.92 Å². The van der Waals surface area contributed by atoms with Crippen molar-refractivity contribution >= 4 is 23.1 Å². The van der Waals surface area contributed by atoms with E-state index in [9.17, 15) is 18.0 Å². The van der Waals surface area contributed by atoms with E-state index in [2.05, 4.69) is 25.6 Å². The predicted octanol–water partition coefficient (Wildman–Crippen LogP) is 5.86. The van der Waals surface area contributed by atoms with E-state index in [0.29, 0.717) is 23.0 Å². The molecule has 0 fully saturated rings. The monoisotopic (exact) mass is 449 g/mol. The summed E-state index contributed by atoms with van der Waals surface area (Å²) < 4.78 is 38.8. The summed E-state index contributed by atoms with van der Waals surface area (Å²) in [4.78, 5) is 25.3. The maximum Gasteiger partial charge on any atom is 0.416 e. The third-order valence-corrected chi connectivity index (χ3v) is 4.79. The maximum atomic E-state index is 12.9. The zero-order valence-corrected chi connectivity index (χ0v) is 17.4. The molecule has 0 aliphatic rings. The molecule has 33 heavy (non-hydrogen) atoms. The van der Waals surface area contributed by atoms with Gasteiger partial charge in [-0.3, -0.25) is 9.78 Å². The van der Waals surface area contributed by atoms with Crippen LogP contribution in [0.4, 0.5) is 30.4 Å². The van der Waals surface area contributed by atoms with Crippen molar-refractivity contribution < 1.29 is 18.0 Å². The molecule has 2 aromatic carbocycles. The van der Waals surface area contributed by atoms with Crippen LogP contribution in [0.3, 0.4) is 0 Å². The molecule has 0 saturated heterocycles. The molecular weight excluding hydrogens is 431 g/mol. The molecule has 9 heteroatoms. The molecule has 4 aromatic rings. The van der Waals surface area contributed by atoms with Gasteiger partial charge < -0.3 is 10.6 Å². The van der Waals surface area contributed by atoms with Gasteiger partial charge in [0, 0.05) is 41.1 Å². The molecular formula is C24H18F3N5O. The SMILES string of the molecule is Cc1ccc(NC(=O)c2cccc(C(F)(F)F)c2)cc1Nc1ccnc(-c2cccnc2)n1. The van der Waals surface area contributed by atoms with Gasteiger partial charge in [0.25, 0.3) is 5.91 Å². The summed E-state index contributed by atoms with van der Waals surface area (Å²) in [5.74, 6) is 0.393. The second-order valence-electron chi connectivity index (χ2n) is 7.19. The minimum atomic E-state index is -4.52. The number of hydrogen-bond acceptors (Lipinski definition) is 5. The van der Waals surface area contributed by atoms with E-state index in [1.165, 1.54) is 12.1 Å². The second-order valence-corrected chi connectivity index (χ2v) is 7.19. The van der Waals surface area contributed by atoms with Gasteiger partial charge in [-0.25, -0.2) is 9.97 Å². The summed E-state index contributed by atoms with van der Waals surface area (Å²) in [5, 5.41) is 5.83. The fraction of sp³-hybridized carbons (Fsp3) is 0.0833. The van der Waals surface area contributed by atoms with Crippen molar-refractivity contribution in [2.24, 2.45) is 0 Å². The highest BCUT2D eigenvalue weighted by Crippen LogP contribution is 2.30. The lowest BCUT2D eigenvalue weighted by atomic mass is 10.1. The molecule has 4 rings (SSSR count). The number of hydrogen-bond donors (Lipinski definition) is 2. The Kier molecular flexibility index (Phi) is 6.03. The van der Waals surface area contributed by atoms with Crippen molar-refractivity contribution in [1.82, 2.24) is 15.0 Å². The molecule has 2 aromatic heterocycles. The Morgan fingerprint density at radius 2 is 1.82 bits per heavy atom. The number of anilines is 3. The van der Waals surface area contributed by atoms with Crippen molar-refractivity contribution in [2.75, 3.05) is 10.6 Å². The van der Waals surface area contributed by atoms with Crippen LogP contribution in [0.5, 0.6) is 0 Å². The minimum Gasteiger partial charge on any atom is -0.340 e. The normalized spacial score (nSPS) is 11.2. The van der Waals surface area contributed by atoms with E-state index in [1.54, 1.807) is 48.9 Å². The Labute approximate surface area is 187 Å². The lowest BCUT2D eigenvalue weighted by Crippen LogP contribution is -2.14. The number of amides is 1. The molecule has 1 amide bonds. The second kappa shape index (κ2) is 9.07. The number of alkyl halides is 3. The summed E-state index contributed by atoms with van der Waals surface area (Å²) in [6.07, 6.45) is 0.415. The molecule has 0 radical (unpaired) electrons. The fourth-order valence-corrected chi connectivity index (χ4v) is 3.07. The van der Waals surface area contributed by atoms with Gasteiger partial charge in [-0.05, 0) is 61.0 Å². The Morgan fingerprint density at radius 3 is 2.58 bits per heavy atom. The third kappa shape index (κ3) is 5.32. The minimum absolute atomic E-state index is 0.0863. The van der Waals surface area contributed by atoms with Crippen molar-refractivity contribution in [3.05, 3.63) is 95.9 Å². The number of rotatable bonds is 5. The Hall–Kier alpha value is -4.27. The van der Waals surface area contributed by atoms with Crippen LogP contribution < -0.4 is 10.6 Å². The Bertz CT molecular complexity index is 1290. The number of aryl methyl sites for hydroxylation is 1. The van der Waals surface area contributed by atoms with Crippen molar-refractivity contribution in [3.8, 4) is 11.4 Å². The zero-order valence-electron chi connectivity index (χ0n) is 17.4. The molecule has 0 saturated carbocycles. The Morgan fingerprint density at radius 1 is 0.970 bits per heavy atom. The number of carbonyl (C=O) groups is 1. The summed E-state index contributed by atoms with van der Waals surface area (Å²) in [6, 6.07) is 14.8. The van der Waals surface area contributed by atoms with Gasteiger partial charge in [0.15, 0.2) is 5.82 Å². The van der Waals surface area contributed by atoms with Crippen molar-refractivity contribution in [2.45, 2.75) is 13.1 Å². The topological polar surface area (TPSA) is 79.8 Å². The first-order valence-corrected chi connectivity index (χ1v) is 9.89. The van der Waals surface area contributed by atoms with Crippen LogP contribution in [0.2, 0.25) is 0 Å². The number of aromatic nitrogens is 3. The first-order chi connectivity index (χ1) is 15.8. The first-order valence-electron chi connectivity index (χ1n) is 9.89. The largest absolute Gasteiger partial charge is 0.416 e.